The fourth-order valence-electron chi connectivity index (χ4n) is 1.87. The van der Waals surface area contributed by atoms with Crippen molar-refractivity contribution in [2.75, 3.05) is 26.7 Å². The molecule has 0 atom stereocenters. The summed E-state index contributed by atoms with van der Waals surface area (Å²) in [6.07, 6.45) is -0.329. The number of ether oxygens (including phenoxy) is 1. The first-order chi connectivity index (χ1) is 11.6. The normalized spacial score (nSPS) is 11.6. The first-order valence-corrected chi connectivity index (χ1v) is 9.33. The number of hydrogen-bond donors (Lipinski definition) is 2. The van der Waals surface area contributed by atoms with E-state index in [1.807, 2.05) is 34.6 Å². The molecule has 7 nitrogen and oxygen atoms in total. The highest BCUT2D eigenvalue weighted by Crippen LogP contribution is 2.16. The summed E-state index contributed by atoms with van der Waals surface area (Å²) in [5.74, 6) is 0.714. The molecule has 0 aromatic carbocycles. The predicted octanol–water partition coefficient (Wildman–Crippen LogP) is 3.30. The molecule has 9 heteroatoms. The monoisotopic (exact) mass is 497 g/mol. The molecule has 2 N–H and O–H groups in total. The van der Waals surface area contributed by atoms with Crippen LogP contribution < -0.4 is 10.6 Å². The van der Waals surface area contributed by atoms with Crippen LogP contribution in [0.15, 0.2) is 4.99 Å². The summed E-state index contributed by atoms with van der Waals surface area (Å²) in [4.78, 5) is 23.7. The summed E-state index contributed by atoms with van der Waals surface area (Å²) < 4.78 is 5.33. The van der Waals surface area contributed by atoms with Crippen LogP contribution in [0.1, 0.15) is 43.3 Å². The number of guanidine groups is 1. The van der Waals surface area contributed by atoms with Crippen LogP contribution in [0, 0.1) is 13.8 Å². The van der Waals surface area contributed by atoms with Crippen LogP contribution in [0.2, 0.25) is 0 Å². The Balaban J connectivity index is 0.00000625. The zero-order valence-electron chi connectivity index (χ0n) is 16.8. The Hall–Kier alpha value is -1.10. The molecule has 0 unspecified atom stereocenters. The minimum absolute atomic E-state index is 0. The molecule has 0 saturated carbocycles. The predicted molar refractivity (Wildman–Crippen MR) is 119 cm³/mol. The summed E-state index contributed by atoms with van der Waals surface area (Å²) in [6, 6.07) is 0. The topological polar surface area (TPSA) is 78.9 Å². The smallest absolute Gasteiger partial charge is 0.410 e. The summed E-state index contributed by atoms with van der Waals surface area (Å²) in [7, 11) is 1.72. The first kappa shape index (κ1) is 24.9. The van der Waals surface area contributed by atoms with Crippen LogP contribution in [0.4, 0.5) is 4.79 Å². The Bertz CT molecular complexity index is 579. The number of aromatic nitrogens is 1. The molecule has 0 bridgehead atoms. The fourth-order valence-corrected chi connectivity index (χ4v) is 2.73. The largest absolute Gasteiger partial charge is 0.444 e. The van der Waals surface area contributed by atoms with Crippen LogP contribution in [0.5, 0.6) is 0 Å². The zero-order valence-corrected chi connectivity index (χ0v) is 19.9. The molecule has 0 radical (unpaired) electrons. The Morgan fingerprint density at radius 3 is 2.46 bits per heavy atom. The first-order valence-electron chi connectivity index (χ1n) is 8.51. The lowest BCUT2D eigenvalue weighted by Gasteiger charge is -2.24. The Morgan fingerprint density at radius 2 is 1.96 bits per heavy atom. The number of halogens is 1. The third-order valence-electron chi connectivity index (χ3n) is 3.23. The Labute approximate surface area is 178 Å². The second-order valence-corrected chi connectivity index (χ2v) is 8.06. The molecule has 0 spiro atoms. The molecule has 0 fully saturated rings. The number of aryl methyl sites for hydroxylation is 2. The van der Waals surface area contributed by atoms with E-state index in [1.165, 1.54) is 4.88 Å². The van der Waals surface area contributed by atoms with Crippen molar-refractivity contribution in [3.8, 4) is 0 Å². The number of likely N-dealkylation sites (N-methyl/N-ethyl adjacent to an activating group) is 1. The highest BCUT2D eigenvalue weighted by Gasteiger charge is 2.19. The van der Waals surface area contributed by atoms with Gasteiger partial charge >= 0.3 is 6.09 Å². The van der Waals surface area contributed by atoms with Crippen LogP contribution >= 0.6 is 35.3 Å². The summed E-state index contributed by atoms with van der Waals surface area (Å²) >= 11 is 1.67. The summed E-state index contributed by atoms with van der Waals surface area (Å²) in [5, 5.41) is 7.42. The number of amides is 1. The number of rotatable bonds is 6. The maximum Gasteiger partial charge on any atom is 0.410 e. The number of carbonyl (C=O) groups excluding carboxylic acids is 1. The molecule has 1 rings (SSSR count). The van der Waals surface area contributed by atoms with Crippen molar-refractivity contribution in [1.82, 2.24) is 20.5 Å². The molecule has 1 aromatic rings. The van der Waals surface area contributed by atoms with Crippen molar-refractivity contribution in [3.63, 3.8) is 0 Å². The van der Waals surface area contributed by atoms with Crippen molar-refractivity contribution < 1.29 is 9.53 Å². The molecule has 150 valence electrons. The number of aliphatic imine (C=N–C) groups is 1. The zero-order chi connectivity index (χ0) is 19.0. The van der Waals surface area contributed by atoms with E-state index in [0.717, 1.165) is 17.2 Å². The lowest BCUT2D eigenvalue weighted by Crippen LogP contribution is -2.43. The van der Waals surface area contributed by atoms with Gasteiger partial charge < -0.3 is 20.3 Å². The molecule has 0 saturated heterocycles. The van der Waals surface area contributed by atoms with Crippen molar-refractivity contribution >= 4 is 47.4 Å². The maximum absolute atomic E-state index is 11.9. The lowest BCUT2D eigenvalue weighted by molar-refractivity contribution is 0.0302. The standard InChI is InChI=1S/C17H31N5O2S.HI/c1-8-18-15(20-11-14-21-12(2)13(3)25-14)19-9-10-22(7)16(23)24-17(4,5)6;/h8-11H2,1-7H3,(H2,18,19,20);1H. The molecule has 26 heavy (non-hydrogen) atoms. The number of nitrogens with one attached hydrogen (secondary N) is 2. The maximum atomic E-state index is 11.9. The lowest BCUT2D eigenvalue weighted by atomic mass is 10.2. The van der Waals surface area contributed by atoms with Crippen LogP contribution in [0.3, 0.4) is 0 Å². The van der Waals surface area contributed by atoms with Crippen molar-refractivity contribution in [2.45, 2.75) is 53.7 Å². The number of hydrogen-bond acceptors (Lipinski definition) is 5. The fraction of sp³-hybridized carbons (Fsp3) is 0.706. The molecule has 0 aliphatic heterocycles. The second-order valence-electron chi connectivity index (χ2n) is 6.77. The molecule has 0 aliphatic rings. The van der Waals surface area contributed by atoms with E-state index >= 15 is 0 Å². The molecule has 1 heterocycles. The van der Waals surface area contributed by atoms with Gasteiger partial charge in [-0.1, -0.05) is 0 Å². The highest BCUT2D eigenvalue weighted by molar-refractivity contribution is 14.0. The SMILES string of the molecule is CCNC(=NCc1nc(C)c(C)s1)NCCN(C)C(=O)OC(C)(C)C.I. The van der Waals surface area contributed by atoms with E-state index in [9.17, 15) is 4.79 Å². The van der Waals surface area contributed by atoms with Gasteiger partial charge in [-0.2, -0.15) is 0 Å². The quantitative estimate of drug-likeness (QED) is 0.358. The van der Waals surface area contributed by atoms with Gasteiger partial charge in [0.1, 0.15) is 10.6 Å². The average Bonchev–Trinajstić information content (AvgIpc) is 2.81. The van der Waals surface area contributed by atoms with Gasteiger partial charge in [0.2, 0.25) is 0 Å². The van der Waals surface area contributed by atoms with Crippen LogP contribution in [-0.2, 0) is 11.3 Å². The van der Waals surface area contributed by atoms with Crippen molar-refractivity contribution in [2.24, 2.45) is 4.99 Å². The summed E-state index contributed by atoms with van der Waals surface area (Å²) in [6.45, 7) is 14.1. The third-order valence-corrected chi connectivity index (χ3v) is 4.29. The molecular formula is C17H32IN5O2S. The number of carbonyl (C=O) groups is 1. The number of thiazole rings is 1. The Morgan fingerprint density at radius 1 is 1.31 bits per heavy atom. The average molecular weight is 497 g/mol. The number of nitrogens with zero attached hydrogens (tertiary/aromatic N) is 3. The van der Waals surface area contributed by atoms with E-state index in [1.54, 1.807) is 23.3 Å². The van der Waals surface area contributed by atoms with Gasteiger partial charge in [0.15, 0.2) is 5.96 Å². The van der Waals surface area contributed by atoms with E-state index in [0.29, 0.717) is 25.6 Å². The molecule has 1 amide bonds. The Kier molecular flexibility index (Phi) is 11.1. The van der Waals surface area contributed by atoms with Gasteiger partial charge in [-0.3, -0.25) is 0 Å². The van der Waals surface area contributed by atoms with Gasteiger partial charge in [-0.15, -0.1) is 35.3 Å². The highest BCUT2D eigenvalue weighted by atomic mass is 127. The minimum Gasteiger partial charge on any atom is -0.444 e. The van der Waals surface area contributed by atoms with Crippen molar-refractivity contribution in [1.29, 1.82) is 0 Å². The van der Waals surface area contributed by atoms with Gasteiger partial charge in [0.25, 0.3) is 0 Å². The van der Waals surface area contributed by atoms with Crippen LogP contribution in [-0.4, -0.2) is 54.2 Å². The van der Waals surface area contributed by atoms with E-state index < -0.39 is 5.60 Å². The van der Waals surface area contributed by atoms with E-state index in [4.69, 9.17) is 4.74 Å². The van der Waals surface area contributed by atoms with Gasteiger partial charge in [-0.25, -0.2) is 14.8 Å². The second kappa shape index (κ2) is 11.6. The third kappa shape index (κ3) is 9.56. The van der Waals surface area contributed by atoms with Crippen LogP contribution in [0.25, 0.3) is 0 Å². The van der Waals surface area contributed by atoms with Crippen molar-refractivity contribution in [3.05, 3.63) is 15.6 Å². The molecular weight excluding hydrogens is 465 g/mol. The van der Waals surface area contributed by atoms with Gasteiger partial charge in [0, 0.05) is 31.6 Å². The molecule has 1 aromatic heterocycles. The summed E-state index contributed by atoms with van der Waals surface area (Å²) in [5.41, 5.74) is 0.575. The minimum atomic E-state index is -0.487. The van der Waals surface area contributed by atoms with Gasteiger partial charge in [0.05, 0.1) is 12.2 Å². The molecule has 0 aliphatic carbocycles. The van der Waals surface area contributed by atoms with E-state index in [-0.39, 0.29) is 30.1 Å². The van der Waals surface area contributed by atoms with Gasteiger partial charge in [-0.05, 0) is 41.5 Å². The van der Waals surface area contributed by atoms with E-state index in [2.05, 4.69) is 27.5 Å².